The Morgan fingerprint density at radius 1 is 1.29 bits per heavy atom. The molecule has 2 aromatic rings. The highest BCUT2D eigenvalue weighted by molar-refractivity contribution is 5.93. The minimum Gasteiger partial charge on any atom is -0.490 e. The van der Waals surface area contributed by atoms with E-state index in [2.05, 4.69) is 17.2 Å². The van der Waals surface area contributed by atoms with Crippen LogP contribution in [0.4, 0.5) is 0 Å². The van der Waals surface area contributed by atoms with Crippen LogP contribution in [0.25, 0.3) is 0 Å². The Bertz CT molecular complexity index is 780. The number of carbonyl (C=O) groups is 1. The summed E-state index contributed by atoms with van der Waals surface area (Å²) in [6.45, 7) is 8.14. The van der Waals surface area contributed by atoms with Crippen LogP contribution in [0.1, 0.15) is 47.4 Å². The summed E-state index contributed by atoms with van der Waals surface area (Å²) in [6, 6.07) is 7.29. The molecule has 0 saturated heterocycles. The fourth-order valence-electron chi connectivity index (χ4n) is 2.24. The lowest BCUT2D eigenvalue weighted by atomic mass is 10.1. The van der Waals surface area contributed by atoms with Crippen molar-refractivity contribution in [1.82, 2.24) is 10.3 Å². The Morgan fingerprint density at radius 3 is 2.71 bits per heavy atom. The Kier molecular flexibility index (Phi) is 5.79. The molecule has 1 atom stereocenters. The number of nitrogens with one attached hydrogen (secondary N) is 2. The summed E-state index contributed by atoms with van der Waals surface area (Å²) >= 11 is 0. The number of amides is 1. The third-order valence-corrected chi connectivity index (χ3v) is 3.87. The minimum atomic E-state index is -0.397. The second-order valence-electron chi connectivity index (χ2n) is 6.02. The molecule has 0 radical (unpaired) electrons. The lowest BCUT2D eigenvalue weighted by Gasteiger charge is -2.17. The molecule has 1 amide bonds. The zero-order chi connectivity index (χ0) is 17.7. The van der Waals surface area contributed by atoms with E-state index in [0.717, 1.165) is 29.0 Å². The Labute approximate surface area is 142 Å². The van der Waals surface area contributed by atoms with Gasteiger partial charge in [0.1, 0.15) is 11.3 Å². The minimum absolute atomic E-state index is 0.0983. The zero-order valence-electron chi connectivity index (χ0n) is 14.6. The zero-order valence-corrected chi connectivity index (χ0v) is 14.6. The van der Waals surface area contributed by atoms with Gasteiger partial charge in [0.2, 0.25) is 0 Å². The van der Waals surface area contributed by atoms with Crippen LogP contribution in [0, 0.1) is 13.8 Å². The first kappa shape index (κ1) is 17.8. The maximum atomic E-state index is 12.2. The normalized spacial score (nSPS) is 11.8. The van der Waals surface area contributed by atoms with Gasteiger partial charge in [0.25, 0.3) is 5.91 Å². The molecular formula is C19H24N2O3. The molecule has 2 N–H and O–H groups in total. The summed E-state index contributed by atoms with van der Waals surface area (Å²) in [7, 11) is 0. The van der Waals surface area contributed by atoms with E-state index in [1.54, 1.807) is 6.92 Å². The Hall–Kier alpha value is -2.56. The molecule has 0 fully saturated rings. The molecule has 0 unspecified atom stereocenters. The number of pyridine rings is 1. The fraction of sp³-hybridized carbons (Fsp3) is 0.368. The molecule has 0 saturated carbocycles. The smallest absolute Gasteiger partial charge is 0.257 e. The van der Waals surface area contributed by atoms with Gasteiger partial charge < -0.3 is 15.0 Å². The molecule has 128 valence electrons. The van der Waals surface area contributed by atoms with E-state index in [9.17, 15) is 9.59 Å². The van der Waals surface area contributed by atoms with Crippen molar-refractivity contribution in [3.63, 3.8) is 0 Å². The summed E-state index contributed by atoms with van der Waals surface area (Å²) in [5, 5.41) is 2.79. The number of aryl methyl sites for hydroxylation is 2. The number of carbonyl (C=O) groups excluding carboxylic acids is 1. The van der Waals surface area contributed by atoms with Gasteiger partial charge in [0.05, 0.1) is 6.10 Å². The topological polar surface area (TPSA) is 71.2 Å². The summed E-state index contributed by atoms with van der Waals surface area (Å²) in [5.74, 6) is 0.369. The first-order valence-corrected chi connectivity index (χ1v) is 8.14. The predicted octanol–water partition coefficient (Wildman–Crippen LogP) is 3.10. The predicted molar refractivity (Wildman–Crippen MR) is 94.5 cm³/mol. The van der Waals surface area contributed by atoms with Gasteiger partial charge in [-0.1, -0.05) is 19.1 Å². The highest BCUT2D eigenvalue weighted by Gasteiger charge is 2.12. The average Bonchev–Trinajstić information content (AvgIpc) is 2.53. The largest absolute Gasteiger partial charge is 0.490 e. The number of aromatic amines is 1. The summed E-state index contributed by atoms with van der Waals surface area (Å²) in [5.41, 5.74) is 2.52. The summed E-state index contributed by atoms with van der Waals surface area (Å²) < 4.78 is 5.93. The number of hydrogen-bond acceptors (Lipinski definition) is 3. The van der Waals surface area contributed by atoms with Crippen LogP contribution in [0.15, 0.2) is 35.3 Å². The van der Waals surface area contributed by atoms with Crippen molar-refractivity contribution >= 4 is 5.91 Å². The van der Waals surface area contributed by atoms with Crippen molar-refractivity contribution in [1.29, 1.82) is 0 Å². The maximum Gasteiger partial charge on any atom is 0.257 e. The number of hydrogen-bond donors (Lipinski definition) is 2. The molecule has 0 aliphatic rings. The average molecular weight is 328 g/mol. The Morgan fingerprint density at radius 2 is 2.04 bits per heavy atom. The van der Waals surface area contributed by atoms with E-state index in [1.165, 1.54) is 12.3 Å². The van der Waals surface area contributed by atoms with E-state index in [4.69, 9.17) is 4.74 Å². The van der Waals surface area contributed by atoms with Crippen LogP contribution in [0.3, 0.4) is 0 Å². The van der Waals surface area contributed by atoms with Gasteiger partial charge in [-0.3, -0.25) is 9.59 Å². The van der Waals surface area contributed by atoms with Gasteiger partial charge in [-0.25, -0.2) is 0 Å². The van der Waals surface area contributed by atoms with Gasteiger partial charge >= 0.3 is 0 Å². The second-order valence-corrected chi connectivity index (χ2v) is 6.02. The van der Waals surface area contributed by atoms with Gasteiger partial charge in [-0.2, -0.15) is 0 Å². The maximum absolute atomic E-state index is 12.2. The van der Waals surface area contributed by atoms with Crippen molar-refractivity contribution < 1.29 is 9.53 Å². The molecule has 0 spiro atoms. The SMILES string of the molecule is CC[C@H](C)Oc1cc(C)ccc1CNC(=O)c1c[nH]c(C)cc1=O. The molecule has 5 heteroatoms. The molecule has 1 aromatic heterocycles. The number of benzene rings is 1. The molecular weight excluding hydrogens is 304 g/mol. The van der Waals surface area contributed by atoms with Crippen LogP contribution in [-0.2, 0) is 6.54 Å². The van der Waals surface area contributed by atoms with Crippen molar-refractivity contribution in [2.24, 2.45) is 0 Å². The standard InChI is InChI=1S/C19H24N2O3/c1-5-14(4)24-18-8-12(2)6-7-15(18)10-21-19(23)16-11-20-13(3)9-17(16)22/h6-9,11,14H,5,10H2,1-4H3,(H,20,22)(H,21,23)/t14-/m0/s1. The van der Waals surface area contributed by atoms with E-state index in [1.807, 2.05) is 32.0 Å². The Balaban J connectivity index is 2.13. The van der Waals surface area contributed by atoms with E-state index < -0.39 is 5.91 Å². The molecule has 2 rings (SSSR count). The summed E-state index contributed by atoms with van der Waals surface area (Å²) in [4.78, 5) is 27.0. The highest BCUT2D eigenvalue weighted by Crippen LogP contribution is 2.22. The van der Waals surface area contributed by atoms with E-state index in [-0.39, 0.29) is 17.1 Å². The number of rotatable bonds is 6. The van der Waals surface area contributed by atoms with Crippen molar-refractivity contribution in [2.75, 3.05) is 0 Å². The molecule has 0 aliphatic carbocycles. The van der Waals surface area contributed by atoms with Crippen molar-refractivity contribution in [3.8, 4) is 5.75 Å². The molecule has 5 nitrogen and oxygen atoms in total. The van der Waals surface area contributed by atoms with E-state index in [0.29, 0.717) is 6.54 Å². The van der Waals surface area contributed by atoms with Crippen LogP contribution in [0.5, 0.6) is 5.75 Å². The van der Waals surface area contributed by atoms with Crippen LogP contribution < -0.4 is 15.5 Å². The third-order valence-electron chi connectivity index (χ3n) is 3.87. The monoisotopic (exact) mass is 328 g/mol. The third kappa shape index (κ3) is 4.47. The van der Waals surface area contributed by atoms with Crippen LogP contribution in [0.2, 0.25) is 0 Å². The van der Waals surface area contributed by atoms with Gasteiger partial charge in [-0.05, 0) is 38.8 Å². The molecule has 1 heterocycles. The van der Waals surface area contributed by atoms with Crippen molar-refractivity contribution in [2.45, 2.75) is 46.8 Å². The lowest BCUT2D eigenvalue weighted by Crippen LogP contribution is -2.28. The van der Waals surface area contributed by atoms with E-state index >= 15 is 0 Å². The van der Waals surface area contributed by atoms with Crippen LogP contribution >= 0.6 is 0 Å². The number of H-pyrrole nitrogens is 1. The first-order chi connectivity index (χ1) is 11.4. The molecule has 1 aromatic carbocycles. The molecule has 0 aliphatic heterocycles. The van der Waals surface area contributed by atoms with Crippen molar-refractivity contribution in [3.05, 3.63) is 63.1 Å². The number of ether oxygens (including phenoxy) is 1. The van der Waals surface area contributed by atoms with Gasteiger partial charge in [-0.15, -0.1) is 0 Å². The highest BCUT2D eigenvalue weighted by atomic mass is 16.5. The second kappa shape index (κ2) is 7.81. The van der Waals surface area contributed by atoms with Gasteiger partial charge in [0, 0.05) is 30.1 Å². The quantitative estimate of drug-likeness (QED) is 0.856. The summed E-state index contributed by atoms with van der Waals surface area (Å²) in [6.07, 6.45) is 2.44. The fourth-order valence-corrected chi connectivity index (χ4v) is 2.24. The van der Waals surface area contributed by atoms with Crippen LogP contribution in [-0.4, -0.2) is 17.0 Å². The first-order valence-electron chi connectivity index (χ1n) is 8.14. The molecule has 24 heavy (non-hydrogen) atoms. The van der Waals surface area contributed by atoms with Gasteiger partial charge in [0.15, 0.2) is 5.43 Å². The number of aromatic nitrogens is 1. The lowest BCUT2D eigenvalue weighted by molar-refractivity contribution is 0.0949. The molecule has 0 bridgehead atoms.